The summed E-state index contributed by atoms with van der Waals surface area (Å²) in [6.07, 6.45) is 0.151. The lowest BCUT2D eigenvalue weighted by Crippen LogP contribution is -2.15. The number of aliphatic carboxylic acids is 1. The van der Waals surface area contributed by atoms with E-state index in [1.54, 1.807) is 24.3 Å². The van der Waals surface area contributed by atoms with Crippen LogP contribution in [-0.4, -0.2) is 11.1 Å². The molecule has 0 bridgehead atoms. The number of carbonyl (C=O) groups is 1. The van der Waals surface area contributed by atoms with Crippen molar-refractivity contribution in [3.63, 3.8) is 0 Å². The second-order valence-corrected chi connectivity index (χ2v) is 5.15. The normalized spacial score (nSPS) is 12.2. The first kappa shape index (κ1) is 14.8. The first-order chi connectivity index (χ1) is 9.49. The molecule has 2 nitrogen and oxygen atoms in total. The van der Waals surface area contributed by atoms with Crippen molar-refractivity contribution in [2.45, 2.75) is 12.3 Å². The van der Waals surface area contributed by atoms with E-state index in [1.165, 1.54) is 18.2 Å². The minimum Gasteiger partial charge on any atom is -0.481 e. The van der Waals surface area contributed by atoms with E-state index in [0.717, 1.165) is 0 Å². The fraction of sp³-hybridized carbons (Fsp3) is 0.133. The van der Waals surface area contributed by atoms with Gasteiger partial charge in [0.2, 0.25) is 0 Å². The lowest BCUT2D eigenvalue weighted by Gasteiger charge is -2.14. The van der Waals surface area contributed by atoms with Crippen LogP contribution in [0.3, 0.4) is 0 Å². The Bertz CT molecular complexity index is 644. The minimum absolute atomic E-state index is 0.151. The Balaban J connectivity index is 2.36. The molecule has 0 saturated heterocycles. The highest BCUT2D eigenvalue weighted by atomic mass is 35.5. The van der Waals surface area contributed by atoms with Gasteiger partial charge in [0.15, 0.2) is 0 Å². The van der Waals surface area contributed by atoms with Crippen molar-refractivity contribution in [2.75, 3.05) is 0 Å². The Morgan fingerprint density at radius 1 is 1.20 bits per heavy atom. The summed E-state index contributed by atoms with van der Waals surface area (Å²) in [7, 11) is 0. The molecule has 0 heterocycles. The molecular weight excluding hydrogens is 302 g/mol. The van der Waals surface area contributed by atoms with Gasteiger partial charge in [-0.1, -0.05) is 47.5 Å². The topological polar surface area (TPSA) is 37.3 Å². The van der Waals surface area contributed by atoms with Crippen molar-refractivity contribution in [3.8, 4) is 0 Å². The lowest BCUT2D eigenvalue weighted by atomic mass is 9.92. The number of hydrogen-bond donors (Lipinski definition) is 1. The van der Waals surface area contributed by atoms with Crippen LogP contribution in [0.1, 0.15) is 17.0 Å². The van der Waals surface area contributed by atoms with Crippen LogP contribution in [-0.2, 0) is 11.2 Å². The summed E-state index contributed by atoms with van der Waals surface area (Å²) >= 11 is 12.0. The third-order valence-electron chi connectivity index (χ3n) is 3.00. The number of hydrogen-bond acceptors (Lipinski definition) is 1. The third kappa shape index (κ3) is 3.30. The molecule has 1 unspecified atom stereocenters. The Morgan fingerprint density at radius 3 is 2.55 bits per heavy atom. The molecule has 1 N–H and O–H groups in total. The van der Waals surface area contributed by atoms with Gasteiger partial charge in [0.1, 0.15) is 5.82 Å². The van der Waals surface area contributed by atoms with E-state index in [4.69, 9.17) is 23.2 Å². The summed E-state index contributed by atoms with van der Waals surface area (Å²) in [6, 6.07) is 10.6. The Labute approximate surface area is 125 Å². The molecule has 0 aliphatic rings. The maximum absolute atomic E-state index is 13.2. The average molecular weight is 313 g/mol. The Hall–Kier alpha value is -1.58. The Morgan fingerprint density at radius 2 is 1.90 bits per heavy atom. The van der Waals surface area contributed by atoms with Gasteiger partial charge in [-0.05, 0) is 35.7 Å². The summed E-state index contributed by atoms with van der Waals surface area (Å²) in [4.78, 5) is 11.4. The van der Waals surface area contributed by atoms with Gasteiger partial charge in [-0.15, -0.1) is 0 Å². The summed E-state index contributed by atoms with van der Waals surface area (Å²) in [5, 5.41) is 10.0. The molecular formula is C15H11Cl2FO2. The fourth-order valence-electron chi connectivity index (χ4n) is 2.00. The maximum Gasteiger partial charge on any atom is 0.311 e. The highest BCUT2D eigenvalue weighted by Gasteiger charge is 2.22. The van der Waals surface area contributed by atoms with Crippen LogP contribution >= 0.6 is 23.2 Å². The number of rotatable bonds is 4. The lowest BCUT2D eigenvalue weighted by molar-refractivity contribution is -0.138. The molecule has 2 aromatic rings. The maximum atomic E-state index is 13.2. The van der Waals surface area contributed by atoms with Crippen molar-refractivity contribution in [1.29, 1.82) is 0 Å². The van der Waals surface area contributed by atoms with Crippen molar-refractivity contribution >= 4 is 29.2 Å². The molecule has 2 rings (SSSR count). The summed E-state index contributed by atoms with van der Waals surface area (Å²) in [6.45, 7) is 0. The van der Waals surface area contributed by atoms with Crippen LogP contribution in [0.5, 0.6) is 0 Å². The molecule has 20 heavy (non-hydrogen) atoms. The smallest absolute Gasteiger partial charge is 0.311 e. The minimum atomic E-state index is -1.04. The number of benzene rings is 2. The number of halogens is 3. The van der Waals surface area contributed by atoms with Crippen LogP contribution in [0.2, 0.25) is 10.0 Å². The predicted molar refractivity (Wildman–Crippen MR) is 76.9 cm³/mol. The zero-order valence-corrected chi connectivity index (χ0v) is 11.8. The summed E-state index contributed by atoms with van der Waals surface area (Å²) < 4.78 is 13.2. The van der Waals surface area contributed by atoms with Gasteiger partial charge in [-0.2, -0.15) is 0 Å². The number of carboxylic acids is 1. The largest absolute Gasteiger partial charge is 0.481 e. The molecule has 0 saturated carbocycles. The highest BCUT2D eigenvalue weighted by Crippen LogP contribution is 2.30. The van der Waals surface area contributed by atoms with E-state index < -0.39 is 17.7 Å². The van der Waals surface area contributed by atoms with Crippen LogP contribution in [0.25, 0.3) is 0 Å². The molecule has 2 aromatic carbocycles. The molecule has 0 spiro atoms. The van der Waals surface area contributed by atoms with E-state index >= 15 is 0 Å². The van der Waals surface area contributed by atoms with E-state index in [1.807, 2.05) is 0 Å². The quantitative estimate of drug-likeness (QED) is 0.899. The van der Waals surface area contributed by atoms with Gasteiger partial charge in [-0.25, -0.2) is 4.39 Å². The summed E-state index contributed by atoms with van der Waals surface area (Å²) in [5.74, 6) is -2.38. The van der Waals surface area contributed by atoms with Gasteiger partial charge in [-0.3, -0.25) is 4.79 Å². The van der Waals surface area contributed by atoms with Gasteiger partial charge in [0.05, 0.1) is 16.0 Å². The van der Waals surface area contributed by atoms with Gasteiger partial charge < -0.3 is 5.11 Å². The second kappa shape index (κ2) is 6.25. The highest BCUT2D eigenvalue weighted by molar-refractivity contribution is 6.42. The molecule has 0 radical (unpaired) electrons. The SMILES string of the molecule is O=C(O)C(Cc1cccc(Cl)c1Cl)c1cccc(F)c1. The van der Waals surface area contributed by atoms with Gasteiger partial charge in [0, 0.05) is 0 Å². The first-order valence-electron chi connectivity index (χ1n) is 5.90. The molecule has 0 fully saturated rings. The van der Waals surface area contributed by atoms with Crippen molar-refractivity contribution in [2.24, 2.45) is 0 Å². The van der Waals surface area contributed by atoms with Crippen LogP contribution in [0.4, 0.5) is 4.39 Å². The average Bonchev–Trinajstić information content (AvgIpc) is 2.40. The fourth-order valence-corrected chi connectivity index (χ4v) is 2.39. The summed E-state index contributed by atoms with van der Waals surface area (Å²) in [5.41, 5.74) is 1.02. The molecule has 104 valence electrons. The first-order valence-corrected chi connectivity index (χ1v) is 6.66. The molecule has 0 aliphatic carbocycles. The number of carboxylic acid groups (broad SMARTS) is 1. The molecule has 1 atom stereocenters. The molecule has 5 heteroatoms. The van der Waals surface area contributed by atoms with Crippen molar-refractivity contribution in [1.82, 2.24) is 0 Å². The van der Waals surface area contributed by atoms with Gasteiger partial charge >= 0.3 is 5.97 Å². The standard InChI is InChI=1S/C15H11Cl2FO2/c16-13-6-2-4-10(14(13)17)8-12(15(19)20)9-3-1-5-11(18)7-9/h1-7,12H,8H2,(H,19,20). The monoisotopic (exact) mass is 312 g/mol. The van der Waals surface area contributed by atoms with Crippen LogP contribution in [0, 0.1) is 5.82 Å². The Kier molecular flexibility index (Phi) is 4.63. The van der Waals surface area contributed by atoms with Crippen molar-refractivity contribution in [3.05, 3.63) is 69.5 Å². The van der Waals surface area contributed by atoms with E-state index in [-0.39, 0.29) is 6.42 Å². The molecule has 0 aromatic heterocycles. The van der Waals surface area contributed by atoms with E-state index in [9.17, 15) is 14.3 Å². The van der Waals surface area contributed by atoms with Crippen LogP contribution in [0.15, 0.2) is 42.5 Å². The molecule has 0 amide bonds. The van der Waals surface area contributed by atoms with E-state index in [2.05, 4.69) is 0 Å². The zero-order chi connectivity index (χ0) is 14.7. The molecule has 0 aliphatic heterocycles. The zero-order valence-electron chi connectivity index (χ0n) is 10.3. The predicted octanol–water partition coefficient (Wildman–Crippen LogP) is 4.54. The van der Waals surface area contributed by atoms with Crippen molar-refractivity contribution < 1.29 is 14.3 Å². The van der Waals surface area contributed by atoms with Crippen LogP contribution < -0.4 is 0 Å². The van der Waals surface area contributed by atoms with E-state index in [0.29, 0.717) is 21.2 Å². The van der Waals surface area contributed by atoms with Gasteiger partial charge in [0.25, 0.3) is 0 Å². The third-order valence-corrected chi connectivity index (χ3v) is 3.86. The second-order valence-electron chi connectivity index (χ2n) is 4.36.